The molecular formula is C37H67NO14. The zero-order valence-corrected chi connectivity index (χ0v) is 33.1. The number of hydrogen-bond acceptors (Lipinski definition) is 15. The quantitative estimate of drug-likeness (QED) is 0.189. The highest BCUT2D eigenvalue weighted by Crippen LogP contribution is 2.40. The number of esters is 1. The van der Waals surface area contributed by atoms with Crippen molar-refractivity contribution < 1.29 is 68.6 Å². The van der Waals surface area contributed by atoms with Crippen LogP contribution in [0.15, 0.2) is 0 Å². The maximum absolute atomic E-state index is 14.1. The summed E-state index contributed by atoms with van der Waals surface area (Å²) in [5.41, 5.74) is -5.07. The zero-order chi connectivity index (χ0) is 39.7. The Morgan fingerprint density at radius 1 is 0.923 bits per heavy atom. The number of ether oxygens (including phenoxy) is 6. The minimum atomic E-state index is -2.08. The molecule has 0 aromatic heterocycles. The first kappa shape index (κ1) is 45.1. The summed E-state index contributed by atoms with van der Waals surface area (Å²) in [6.07, 6.45) is -10.8. The summed E-state index contributed by atoms with van der Waals surface area (Å²) < 4.78 is 36.8. The molecule has 15 heteroatoms. The van der Waals surface area contributed by atoms with Crippen LogP contribution in [0.4, 0.5) is 0 Å². The van der Waals surface area contributed by atoms with Gasteiger partial charge in [-0.2, -0.15) is 0 Å². The van der Waals surface area contributed by atoms with Crippen LogP contribution in [0.3, 0.4) is 0 Å². The molecule has 18 atom stereocenters. The van der Waals surface area contributed by atoms with Crippen molar-refractivity contribution in [3.05, 3.63) is 0 Å². The van der Waals surface area contributed by atoms with Gasteiger partial charge in [-0.05, 0) is 68.0 Å². The van der Waals surface area contributed by atoms with Gasteiger partial charge in [-0.3, -0.25) is 9.59 Å². The van der Waals surface area contributed by atoms with Crippen LogP contribution in [0.25, 0.3) is 0 Å². The summed E-state index contributed by atoms with van der Waals surface area (Å²) in [4.78, 5) is 29.8. The lowest BCUT2D eigenvalue weighted by Crippen LogP contribution is -2.61. The predicted molar refractivity (Wildman–Crippen MR) is 188 cm³/mol. The van der Waals surface area contributed by atoms with Gasteiger partial charge in [-0.25, -0.2) is 0 Å². The van der Waals surface area contributed by atoms with Crippen molar-refractivity contribution in [2.45, 2.75) is 172 Å². The van der Waals surface area contributed by atoms with E-state index in [0.717, 1.165) is 0 Å². The van der Waals surface area contributed by atoms with E-state index in [1.165, 1.54) is 27.9 Å². The molecule has 52 heavy (non-hydrogen) atoms. The Labute approximate surface area is 308 Å². The first-order valence-corrected chi connectivity index (χ1v) is 18.6. The normalized spacial score (nSPS) is 49.0. The first-order chi connectivity index (χ1) is 24.0. The number of Topliss-reactive ketones (excluding diaryl/α,β-unsaturated/α-hetero) is 1. The van der Waals surface area contributed by atoms with E-state index in [-0.39, 0.29) is 31.4 Å². The van der Waals surface area contributed by atoms with E-state index in [9.17, 15) is 40.2 Å². The van der Waals surface area contributed by atoms with Gasteiger partial charge in [0.15, 0.2) is 12.6 Å². The SMILES string of the molecule is CC[C@H]1OC(=O)[C@H](CO)[C@@H](O[C@H]2C[C@](C)(OC)[C@@H](O)C(C)O2)[C@H](C)[C@@H](O[C@@H]2OC(C)C[C@@H](N(C)C)C2O)[C@](C)(O)C[C@@H](C)C(=O)[C@H](C)[C@@H](O)[C@]1(C)O. The van der Waals surface area contributed by atoms with Crippen molar-refractivity contribution >= 4 is 11.8 Å². The van der Waals surface area contributed by atoms with Crippen molar-refractivity contribution in [3.63, 3.8) is 0 Å². The number of cyclic esters (lactones) is 1. The second-order valence-electron chi connectivity index (χ2n) is 16.5. The third-order valence-electron chi connectivity index (χ3n) is 11.9. The molecule has 0 amide bonds. The second kappa shape index (κ2) is 17.6. The maximum atomic E-state index is 14.1. The highest BCUT2D eigenvalue weighted by molar-refractivity contribution is 5.83. The van der Waals surface area contributed by atoms with Crippen LogP contribution in [-0.4, -0.2) is 159 Å². The highest BCUT2D eigenvalue weighted by Gasteiger charge is 2.54. The molecule has 3 rings (SSSR count). The van der Waals surface area contributed by atoms with Gasteiger partial charge in [0, 0.05) is 37.3 Å². The van der Waals surface area contributed by atoms with Crippen LogP contribution < -0.4 is 0 Å². The van der Waals surface area contributed by atoms with E-state index in [1.807, 2.05) is 25.9 Å². The number of likely N-dealkylation sites (N-methyl/N-ethyl adjacent to an activating group) is 1. The molecule has 0 radical (unpaired) electrons. The summed E-state index contributed by atoms with van der Waals surface area (Å²) in [6, 6.07) is -0.364. The Hall–Kier alpha value is -1.34. The molecule has 3 aliphatic rings. The average Bonchev–Trinajstić information content (AvgIpc) is 3.07. The van der Waals surface area contributed by atoms with Crippen molar-refractivity contribution in [2.75, 3.05) is 27.8 Å². The molecule has 0 spiro atoms. The fourth-order valence-electron chi connectivity index (χ4n) is 8.46. The second-order valence-corrected chi connectivity index (χ2v) is 16.5. The molecule has 0 bridgehead atoms. The Kier molecular flexibility index (Phi) is 15.3. The number of nitrogens with zero attached hydrogens (tertiary/aromatic N) is 1. The van der Waals surface area contributed by atoms with Gasteiger partial charge in [0.05, 0.1) is 48.3 Å². The van der Waals surface area contributed by atoms with Crippen molar-refractivity contribution in [2.24, 2.45) is 23.7 Å². The van der Waals surface area contributed by atoms with Gasteiger partial charge >= 0.3 is 5.97 Å². The molecule has 15 nitrogen and oxygen atoms in total. The number of rotatable bonds is 8. The predicted octanol–water partition coefficient (Wildman–Crippen LogP) is 0.758. The van der Waals surface area contributed by atoms with Gasteiger partial charge in [0.2, 0.25) is 0 Å². The lowest BCUT2D eigenvalue weighted by molar-refractivity contribution is -0.319. The molecule has 3 fully saturated rings. The molecule has 0 aromatic carbocycles. The molecule has 3 heterocycles. The Balaban J connectivity index is 2.22. The van der Waals surface area contributed by atoms with Crippen LogP contribution >= 0.6 is 0 Å². The van der Waals surface area contributed by atoms with Crippen LogP contribution in [0.5, 0.6) is 0 Å². The number of aliphatic hydroxyl groups is 6. The van der Waals surface area contributed by atoms with Crippen LogP contribution in [0, 0.1) is 23.7 Å². The number of methoxy groups -OCH3 is 1. The van der Waals surface area contributed by atoms with Gasteiger partial charge in [-0.1, -0.05) is 27.7 Å². The van der Waals surface area contributed by atoms with E-state index < -0.39 is 114 Å². The zero-order valence-electron chi connectivity index (χ0n) is 33.1. The average molecular weight is 750 g/mol. The molecule has 6 N–H and O–H groups in total. The van der Waals surface area contributed by atoms with Crippen LogP contribution in [-0.2, 0) is 38.0 Å². The standard InChI is InChI=1S/C37H67NO14/c1-13-25-37(9,46)30(42)20(4)27(40)18(2)15-35(7,45)32(52-34-28(41)24(38(10)11)14-19(3)48-34)21(5)29(23(17-39)33(44)50-25)51-26-16-36(8,47-12)31(43)22(6)49-26/h18-26,28-32,34,39,41-43,45-46H,13-17H2,1-12H3/t18-,19?,20+,21+,22?,23-,24-,25-,26+,28?,29+,30-,31+,32-,34+,35-,36+,37-/m1/s1. The largest absolute Gasteiger partial charge is 0.459 e. The molecule has 0 saturated carbocycles. The number of ketones is 1. The maximum Gasteiger partial charge on any atom is 0.314 e. The Bertz CT molecular complexity index is 1190. The molecule has 3 aliphatic heterocycles. The van der Waals surface area contributed by atoms with Crippen molar-refractivity contribution in [1.82, 2.24) is 4.90 Å². The van der Waals surface area contributed by atoms with Crippen molar-refractivity contribution in [1.29, 1.82) is 0 Å². The number of aliphatic hydroxyl groups excluding tert-OH is 4. The first-order valence-electron chi connectivity index (χ1n) is 18.6. The summed E-state index contributed by atoms with van der Waals surface area (Å²) in [7, 11) is 5.10. The van der Waals surface area contributed by atoms with Gasteiger partial charge in [-0.15, -0.1) is 0 Å². The number of hydrogen-bond donors (Lipinski definition) is 6. The Morgan fingerprint density at radius 2 is 1.54 bits per heavy atom. The van der Waals surface area contributed by atoms with E-state index >= 15 is 0 Å². The number of carbonyl (C=O) groups is 2. The van der Waals surface area contributed by atoms with Crippen LogP contribution in [0.2, 0.25) is 0 Å². The summed E-state index contributed by atoms with van der Waals surface area (Å²) in [6.45, 7) is 13.5. The van der Waals surface area contributed by atoms with E-state index in [2.05, 4.69) is 0 Å². The van der Waals surface area contributed by atoms with Crippen LogP contribution in [0.1, 0.15) is 88.0 Å². The molecule has 0 aromatic rings. The molecule has 0 aliphatic carbocycles. The summed E-state index contributed by atoms with van der Waals surface area (Å²) in [5.74, 6) is -5.88. The van der Waals surface area contributed by atoms with Gasteiger partial charge in [0.25, 0.3) is 0 Å². The minimum Gasteiger partial charge on any atom is -0.459 e. The fourth-order valence-corrected chi connectivity index (χ4v) is 8.46. The molecule has 304 valence electrons. The monoisotopic (exact) mass is 749 g/mol. The Morgan fingerprint density at radius 3 is 2.08 bits per heavy atom. The van der Waals surface area contributed by atoms with Crippen molar-refractivity contribution in [3.8, 4) is 0 Å². The highest BCUT2D eigenvalue weighted by atomic mass is 16.7. The summed E-state index contributed by atoms with van der Waals surface area (Å²) in [5, 5.41) is 68.5. The fraction of sp³-hybridized carbons (Fsp3) is 0.946. The molecule has 3 unspecified atom stereocenters. The van der Waals surface area contributed by atoms with Gasteiger partial charge < -0.3 is 64.0 Å². The van der Waals surface area contributed by atoms with E-state index in [0.29, 0.717) is 6.42 Å². The van der Waals surface area contributed by atoms with E-state index in [1.54, 1.807) is 34.6 Å². The lowest BCUT2D eigenvalue weighted by Gasteiger charge is -2.49. The molecule has 3 saturated heterocycles. The van der Waals surface area contributed by atoms with Gasteiger partial charge in [0.1, 0.15) is 35.6 Å². The third kappa shape index (κ3) is 9.54. The summed E-state index contributed by atoms with van der Waals surface area (Å²) >= 11 is 0. The lowest BCUT2D eigenvalue weighted by atomic mass is 9.74. The smallest absolute Gasteiger partial charge is 0.314 e. The topological polar surface area (TPSA) is 214 Å². The van der Waals surface area contributed by atoms with E-state index in [4.69, 9.17) is 28.4 Å². The number of carbonyl (C=O) groups excluding carboxylic acids is 2. The third-order valence-corrected chi connectivity index (χ3v) is 11.9. The molecular weight excluding hydrogens is 682 g/mol. The minimum absolute atomic E-state index is 0.0156.